The van der Waals surface area contributed by atoms with Crippen molar-refractivity contribution in [2.45, 2.75) is 12.8 Å². The van der Waals surface area contributed by atoms with Gasteiger partial charge in [-0.25, -0.2) is 4.98 Å². The normalized spacial score (nSPS) is 14.0. The molecule has 7 nitrogen and oxygen atoms in total. The van der Waals surface area contributed by atoms with Crippen LogP contribution in [0.4, 0.5) is 11.5 Å². The molecule has 0 unspecified atom stereocenters. The van der Waals surface area contributed by atoms with Gasteiger partial charge in [-0.1, -0.05) is 0 Å². The van der Waals surface area contributed by atoms with Crippen LogP contribution in [0, 0.1) is 0 Å². The van der Waals surface area contributed by atoms with E-state index in [0.717, 1.165) is 24.7 Å². The Morgan fingerprint density at radius 3 is 2.56 bits per heavy atom. The molecule has 0 saturated carbocycles. The number of anilines is 2. The van der Waals surface area contributed by atoms with Crippen LogP contribution in [-0.2, 0) is 7.05 Å². The maximum Gasteiger partial charge on any atom is 0.261 e. The van der Waals surface area contributed by atoms with E-state index in [1.165, 1.54) is 12.8 Å². The third-order valence-electron chi connectivity index (χ3n) is 4.44. The van der Waals surface area contributed by atoms with Crippen LogP contribution in [0.5, 0.6) is 0 Å². The first-order chi connectivity index (χ1) is 12.2. The van der Waals surface area contributed by atoms with Gasteiger partial charge in [0, 0.05) is 32.5 Å². The topological polar surface area (TPSA) is 68.0 Å². The zero-order chi connectivity index (χ0) is 17.2. The van der Waals surface area contributed by atoms with E-state index in [-0.39, 0.29) is 5.91 Å². The van der Waals surface area contributed by atoms with Crippen LogP contribution < -0.4 is 10.2 Å². The van der Waals surface area contributed by atoms with E-state index in [2.05, 4.69) is 20.3 Å². The first-order valence-electron chi connectivity index (χ1n) is 8.40. The number of aromatic nitrogens is 4. The fourth-order valence-electron chi connectivity index (χ4n) is 3.16. The summed E-state index contributed by atoms with van der Waals surface area (Å²) in [5.41, 5.74) is 1.19. The van der Waals surface area contributed by atoms with Gasteiger partial charge in [0.05, 0.1) is 18.1 Å². The van der Waals surface area contributed by atoms with Gasteiger partial charge in [-0.2, -0.15) is 5.10 Å². The highest BCUT2D eigenvalue weighted by atomic mass is 16.1. The monoisotopic (exact) mass is 336 g/mol. The van der Waals surface area contributed by atoms with Crippen LogP contribution in [-0.4, -0.2) is 38.3 Å². The minimum atomic E-state index is -0.201. The van der Waals surface area contributed by atoms with E-state index in [0.29, 0.717) is 11.3 Å². The zero-order valence-electron chi connectivity index (χ0n) is 14.1. The van der Waals surface area contributed by atoms with Crippen molar-refractivity contribution >= 4 is 17.4 Å². The quantitative estimate of drug-likeness (QED) is 0.795. The number of hydrogen-bond acceptors (Lipinski definition) is 4. The van der Waals surface area contributed by atoms with E-state index < -0.39 is 0 Å². The molecule has 4 rings (SSSR count). The molecule has 0 bridgehead atoms. The number of rotatable bonds is 4. The third-order valence-corrected chi connectivity index (χ3v) is 4.44. The van der Waals surface area contributed by atoms with Gasteiger partial charge >= 0.3 is 0 Å². The van der Waals surface area contributed by atoms with Crippen LogP contribution in [0.25, 0.3) is 5.82 Å². The Bertz CT molecular complexity index is 860. The summed E-state index contributed by atoms with van der Waals surface area (Å²) in [6.45, 7) is 2.10. The van der Waals surface area contributed by atoms with Gasteiger partial charge in [0.25, 0.3) is 5.91 Å². The molecular formula is C18H20N6O. The highest BCUT2D eigenvalue weighted by Gasteiger charge is 2.18. The molecule has 25 heavy (non-hydrogen) atoms. The van der Waals surface area contributed by atoms with Gasteiger partial charge in [-0.3, -0.25) is 9.48 Å². The highest BCUT2D eigenvalue weighted by molar-refractivity contribution is 6.06. The Labute approximate surface area is 145 Å². The lowest BCUT2D eigenvalue weighted by Gasteiger charge is -2.16. The molecule has 3 aromatic heterocycles. The minimum Gasteiger partial charge on any atom is -0.357 e. The zero-order valence-corrected chi connectivity index (χ0v) is 14.1. The lowest BCUT2D eigenvalue weighted by Crippen LogP contribution is -2.19. The fourth-order valence-corrected chi connectivity index (χ4v) is 3.16. The Morgan fingerprint density at radius 1 is 1.12 bits per heavy atom. The minimum absolute atomic E-state index is 0.201. The third kappa shape index (κ3) is 3.00. The van der Waals surface area contributed by atoms with Crippen molar-refractivity contribution in [3.05, 3.63) is 54.6 Å². The molecule has 7 heteroatoms. The summed E-state index contributed by atoms with van der Waals surface area (Å²) in [5.74, 6) is 1.49. The number of carbonyl (C=O) groups is 1. The largest absolute Gasteiger partial charge is 0.357 e. The standard InChI is InChI=1S/C18H20N6O/c1-22-18(24-10-4-5-11-24)15(13-20-22)17(25)21-14-6-7-16(19-12-14)23-8-2-3-9-23/h4-7,10-13H,2-3,8-9H2,1H3,(H,21,25). The van der Waals surface area contributed by atoms with Crippen molar-refractivity contribution in [3.63, 3.8) is 0 Å². The average Bonchev–Trinajstić information content (AvgIpc) is 3.37. The van der Waals surface area contributed by atoms with E-state index in [9.17, 15) is 4.79 Å². The summed E-state index contributed by atoms with van der Waals surface area (Å²) < 4.78 is 3.56. The second-order valence-electron chi connectivity index (χ2n) is 6.15. The van der Waals surface area contributed by atoms with E-state index in [1.807, 2.05) is 48.3 Å². The van der Waals surface area contributed by atoms with Crippen LogP contribution in [0.1, 0.15) is 23.2 Å². The second-order valence-corrected chi connectivity index (χ2v) is 6.15. The molecule has 0 aliphatic carbocycles. The molecule has 0 radical (unpaired) electrons. The summed E-state index contributed by atoms with van der Waals surface area (Å²) in [7, 11) is 1.82. The van der Waals surface area contributed by atoms with Crippen molar-refractivity contribution < 1.29 is 4.79 Å². The number of pyridine rings is 1. The number of carbonyl (C=O) groups excluding carboxylic acids is 1. The van der Waals surface area contributed by atoms with Crippen molar-refractivity contribution in [2.75, 3.05) is 23.3 Å². The Morgan fingerprint density at radius 2 is 1.88 bits per heavy atom. The van der Waals surface area contributed by atoms with Gasteiger partial charge in [-0.05, 0) is 37.1 Å². The summed E-state index contributed by atoms with van der Waals surface area (Å²) in [6, 6.07) is 7.67. The molecule has 4 heterocycles. The molecule has 1 amide bonds. The number of amides is 1. The molecule has 1 N–H and O–H groups in total. The van der Waals surface area contributed by atoms with Gasteiger partial charge in [0.1, 0.15) is 17.2 Å². The maximum atomic E-state index is 12.7. The lowest BCUT2D eigenvalue weighted by atomic mass is 10.3. The molecule has 0 atom stereocenters. The Kier molecular flexibility index (Phi) is 3.97. The Hall–Kier alpha value is -3.09. The van der Waals surface area contributed by atoms with E-state index in [4.69, 9.17) is 0 Å². The van der Waals surface area contributed by atoms with Crippen LogP contribution in [0.3, 0.4) is 0 Å². The van der Waals surface area contributed by atoms with Crippen LogP contribution in [0.15, 0.2) is 49.1 Å². The molecule has 1 aliphatic rings. The molecule has 3 aromatic rings. The molecule has 1 aliphatic heterocycles. The summed E-state index contributed by atoms with van der Waals surface area (Å²) in [4.78, 5) is 19.4. The summed E-state index contributed by atoms with van der Waals surface area (Å²) in [5, 5.41) is 7.12. The van der Waals surface area contributed by atoms with E-state index in [1.54, 1.807) is 17.1 Å². The molecule has 1 fully saturated rings. The first-order valence-corrected chi connectivity index (χ1v) is 8.40. The second kappa shape index (κ2) is 6.43. The summed E-state index contributed by atoms with van der Waals surface area (Å²) >= 11 is 0. The highest BCUT2D eigenvalue weighted by Crippen LogP contribution is 2.20. The maximum absolute atomic E-state index is 12.7. The number of nitrogens with zero attached hydrogens (tertiary/aromatic N) is 5. The van der Waals surface area contributed by atoms with Crippen molar-refractivity contribution in [3.8, 4) is 5.82 Å². The smallest absolute Gasteiger partial charge is 0.261 e. The molecule has 1 saturated heterocycles. The predicted octanol–water partition coefficient (Wildman–Crippen LogP) is 2.46. The SMILES string of the molecule is Cn1ncc(C(=O)Nc2ccc(N3CCCC3)nc2)c1-n1cccc1. The van der Waals surface area contributed by atoms with Crippen LogP contribution >= 0.6 is 0 Å². The summed E-state index contributed by atoms with van der Waals surface area (Å²) in [6.07, 6.45) is 9.49. The Balaban J connectivity index is 1.53. The molecule has 128 valence electrons. The van der Waals surface area contributed by atoms with Gasteiger partial charge in [-0.15, -0.1) is 0 Å². The first kappa shape index (κ1) is 15.4. The molecule has 0 spiro atoms. The van der Waals surface area contributed by atoms with Crippen molar-refractivity contribution in [2.24, 2.45) is 7.05 Å². The average molecular weight is 336 g/mol. The van der Waals surface area contributed by atoms with Crippen molar-refractivity contribution in [1.82, 2.24) is 19.3 Å². The van der Waals surface area contributed by atoms with Crippen molar-refractivity contribution in [1.29, 1.82) is 0 Å². The lowest BCUT2D eigenvalue weighted by molar-refractivity contribution is 0.102. The van der Waals surface area contributed by atoms with Gasteiger partial charge < -0.3 is 14.8 Å². The van der Waals surface area contributed by atoms with E-state index >= 15 is 0 Å². The molecule has 0 aromatic carbocycles. The number of aryl methyl sites for hydroxylation is 1. The fraction of sp³-hybridized carbons (Fsp3) is 0.278. The van der Waals surface area contributed by atoms with Gasteiger partial charge in [0.15, 0.2) is 0 Å². The number of hydrogen-bond donors (Lipinski definition) is 1. The predicted molar refractivity (Wildman–Crippen MR) is 96.2 cm³/mol. The molecular weight excluding hydrogens is 316 g/mol. The van der Waals surface area contributed by atoms with Crippen LogP contribution in [0.2, 0.25) is 0 Å². The van der Waals surface area contributed by atoms with Gasteiger partial charge in [0.2, 0.25) is 0 Å². The number of nitrogens with one attached hydrogen (secondary N) is 1.